The topological polar surface area (TPSA) is 29.5 Å². The van der Waals surface area contributed by atoms with Crippen LogP contribution in [0.2, 0.25) is 0 Å². The van der Waals surface area contributed by atoms with E-state index < -0.39 is 17.4 Å². The molecule has 0 spiro atoms. The van der Waals surface area contributed by atoms with Gasteiger partial charge in [0.1, 0.15) is 11.4 Å². The minimum atomic E-state index is -4.78. The van der Waals surface area contributed by atoms with Gasteiger partial charge in [0.15, 0.2) is 5.60 Å². The molecule has 0 saturated carbocycles. The summed E-state index contributed by atoms with van der Waals surface area (Å²) in [5, 5.41) is 11.0. The van der Waals surface area contributed by atoms with Gasteiger partial charge in [0.2, 0.25) is 0 Å². The lowest BCUT2D eigenvalue weighted by molar-refractivity contribution is -0.258. The Morgan fingerprint density at radius 2 is 1.55 bits per heavy atom. The van der Waals surface area contributed by atoms with Crippen LogP contribution in [0, 0.1) is 0 Å². The predicted molar refractivity (Wildman–Crippen MR) is 80.0 cm³/mol. The first-order valence-corrected chi connectivity index (χ1v) is 6.93. The Kier molecular flexibility index (Phi) is 3.90. The normalized spacial score (nSPS) is 15.6. The van der Waals surface area contributed by atoms with E-state index in [2.05, 4.69) is 0 Å². The monoisotopic (exact) mass is 312 g/mol. The van der Waals surface area contributed by atoms with E-state index in [-0.39, 0.29) is 5.56 Å². The van der Waals surface area contributed by atoms with Crippen molar-refractivity contribution in [3.63, 3.8) is 0 Å². The van der Waals surface area contributed by atoms with Crippen molar-refractivity contribution in [3.8, 4) is 5.75 Å². The number of fused-ring (bicyclic) bond motifs is 1. The van der Waals surface area contributed by atoms with E-state index in [1.54, 1.807) is 30.3 Å². The molecule has 0 radical (unpaired) electrons. The summed E-state index contributed by atoms with van der Waals surface area (Å²) in [6.45, 7) is 6.19. The smallest absolute Gasteiger partial charge is 0.421 e. The molecule has 0 heterocycles. The molecule has 120 valence electrons. The maximum atomic E-state index is 13.2. The highest BCUT2D eigenvalue weighted by molar-refractivity contribution is 5.88. The molecule has 2 rings (SSSR count). The van der Waals surface area contributed by atoms with Crippen LogP contribution in [0.3, 0.4) is 0 Å². The van der Waals surface area contributed by atoms with E-state index in [0.29, 0.717) is 16.5 Å². The third kappa shape index (κ3) is 3.19. The second kappa shape index (κ2) is 5.16. The number of aliphatic hydroxyl groups is 1. The number of ether oxygens (including phenoxy) is 1. The van der Waals surface area contributed by atoms with Crippen molar-refractivity contribution in [3.05, 3.63) is 42.0 Å². The third-order valence-electron chi connectivity index (χ3n) is 3.34. The Hall–Kier alpha value is -1.75. The molecule has 1 atom stereocenters. The zero-order chi connectivity index (χ0) is 16.8. The summed E-state index contributed by atoms with van der Waals surface area (Å²) in [6, 6.07) is 9.57. The molecule has 1 N–H and O–H groups in total. The Labute approximate surface area is 127 Å². The number of halogens is 3. The van der Waals surface area contributed by atoms with Crippen LogP contribution < -0.4 is 4.74 Å². The fourth-order valence-corrected chi connectivity index (χ4v) is 2.25. The van der Waals surface area contributed by atoms with E-state index in [4.69, 9.17) is 4.74 Å². The van der Waals surface area contributed by atoms with Crippen LogP contribution in [0.1, 0.15) is 33.3 Å². The van der Waals surface area contributed by atoms with Crippen LogP contribution in [0.5, 0.6) is 5.75 Å². The lowest BCUT2D eigenvalue weighted by Crippen LogP contribution is -2.39. The van der Waals surface area contributed by atoms with E-state index in [1.165, 1.54) is 6.07 Å². The fraction of sp³-hybridized carbons (Fsp3) is 0.412. The molecular weight excluding hydrogens is 293 g/mol. The molecule has 5 heteroatoms. The summed E-state index contributed by atoms with van der Waals surface area (Å²) >= 11 is 0. The SMILES string of the molecule is CC(C)(C)Oc1cc(C(C)(O)C(F)(F)F)c2ccccc2c1. The van der Waals surface area contributed by atoms with Crippen LogP contribution in [0.15, 0.2) is 36.4 Å². The number of rotatable bonds is 2. The minimum Gasteiger partial charge on any atom is -0.488 e. The Balaban J connectivity index is 2.71. The highest BCUT2D eigenvalue weighted by Crippen LogP contribution is 2.43. The lowest BCUT2D eigenvalue weighted by atomic mass is 9.90. The van der Waals surface area contributed by atoms with Gasteiger partial charge in [0.05, 0.1) is 0 Å². The second-order valence-electron chi connectivity index (χ2n) is 6.48. The molecule has 0 fully saturated rings. The summed E-state index contributed by atoms with van der Waals surface area (Å²) < 4.78 is 45.4. The molecule has 0 aliphatic rings. The number of hydrogen-bond donors (Lipinski definition) is 1. The van der Waals surface area contributed by atoms with Crippen LogP contribution in [-0.4, -0.2) is 16.9 Å². The molecule has 2 aromatic carbocycles. The summed E-state index contributed by atoms with van der Waals surface area (Å²) in [6.07, 6.45) is -4.78. The predicted octanol–water partition coefficient (Wildman–Crippen LogP) is 4.79. The first-order chi connectivity index (χ1) is 9.92. The molecule has 2 nitrogen and oxygen atoms in total. The molecular formula is C17H19F3O2. The van der Waals surface area contributed by atoms with E-state index in [9.17, 15) is 18.3 Å². The maximum absolute atomic E-state index is 13.2. The lowest BCUT2D eigenvalue weighted by Gasteiger charge is -2.29. The molecule has 0 saturated heterocycles. The van der Waals surface area contributed by atoms with Gasteiger partial charge < -0.3 is 9.84 Å². The summed E-state index contributed by atoms with van der Waals surface area (Å²) in [5.41, 5.74) is -3.72. The van der Waals surface area contributed by atoms with Crippen molar-refractivity contribution in [1.29, 1.82) is 0 Å². The zero-order valence-electron chi connectivity index (χ0n) is 13.0. The van der Waals surface area contributed by atoms with Crippen molar-refractivity contribution in [1.82, 2.24) is 0 Å². The maximum Gasteiger partial charge on any atom is 0.421 e. The number of alkyl halides is 3. The van der Waals surface area contributed by atoms with Gasteiger partial charge in [-0.3, -0.25) is 0 Å². The molecule has 1 unspecified atom stereocenters. The summed E-state index contributed by atoms with van der Waals surface area (Å²) in [4.78, 5) is 0. The summed E-state index contributed by atoms with van der Waals surface area (Å²) in [7, 11) is 0. The highest BCUT2D eigenvalue weighted by atomic mass is 19.4. The third-order valence-corrected chi connectivity index (χ3v) is 3.34. The van der Waals surface area contributed by atoms with Gasteiger partial charge in [0.25, 0.3) is 0 Å². The molecule has 0 bridgehead atoms. The average Bonchev–Trinajstić information content (AvgIpc) is 2.34. The van der Waals surface area contributed by atoms with Gasteiger partial charge in [-0.05, 0) is 50.6 Å². The first-order valence-electron chi connectivity index (χ1n) is 6.93. The highest BCUT2D eigenvalue weighted by Gasteiger charge is 2.52. The van der Waals surface area contributed by atoms with Crippen molar-refractivity contribution in [2.45, 2.75) is 45.1 Å². The Morgan fingerprint density at radius 3 is 2.09 bits per heavy atom. The van der Waals surface area contributed by atoms with Gasteiger partial charge in [-0.2, -0.15) is 13.2 Å². The summed E-state index contributed by atoms with van der Waals surface area (Å²) in [5.74, 6) is 0.297. The van der Waals surface area contributed by atoms with Crippen molar-refractivity contribution in [2.24, 2.45) is 0 Å². The van der Waals surface area contributed by atoms with Crippen LogP contribution in [0.4, 0.5) is 13.2 Å². The molecule has 0 aromatic heterocycles. The van der Waals surface area contributed by atoms with Crippen LogP contribution >= 0.6 is 0 Å². The molecule has 0 amide bonds. The van der Waals surface area contributed by atoms with Crippen LogP contribution in [-0.2, 0) is 5.60 Å². The van der Waals surface area contributed by atoms with Gasteiger partial charge in [-0.15, -0.1) is 0 Å². The molecule has 0 aliphatic heterocycles. The molecule has 0 aliphatic carbocycles. The zero-order valence-corrected chi connectivity index (χ0v) is 13.0. The van der Waals surface area contributed by atoms with E-state index in [0.717, 1.165) is 6.92 Å². The Bertz CT molecular complexity index is 682. The fourth-order valence-electron chi connectivity index (χ4n) is 2.25. The quantitative estimate of drug-likeness (QED) is 0.864. The average molecular weight is 312 g/mol. The van der Waals surface area contributed by atoms with Crippen LogP contribution in [0.25, 0.3) is 10.8 Å². The Morgan fingerprint density at radius 1 is 0.955 bits per heavy atom. The van der Waals surface area contributed by atoms with Gasteiger partial charge in [0, 0.05) is 5.56 Å². The number of hydrogen-bond acceptors (Lipinski definition) is 2. The number of benzene rings is 2. The van der Waals surface area contributed by atoms with Gasteiger partial charge in [-0.1, -0.05) is 24.3 Å². The second-order valence-corrected chi connectivity index (χ2v) is 6.48. The first kappa shape index (κ1) is 16.6. The van der Waals surface area contributed by atoms with Gasteiger partial charge in [-0.25, -0.2) is 0 Å². The van der Waals surface area contributed by atoms with Crippen molar-refractivity contribution >= 4 is 10.8 Å². The standard InChI is InChI=1S/C17H19F3O2/c1-15(2,3)22-12-9-11-7-5-6-8-13(11)14(10-12)16(4,21)17(18,19)20/h5-10,21H,1-4H3. The van der Waals surface area contributed by atoms with Crippen molar-refractivity contribution < 1.29 is 23.0 Å². The minimum absolute atomic E-state index is 0.211. The van der Waals surface area contributed by atoms with E-state index >= 15 is 0 Å². The van der Waals surface area contributed by atoms with E-state index in [1.807, 2.05) is 20.8 Å². The van der Waals surface area contributed by atoms with Crippen molar-refractivity contribution in [2.75, 3.05) is 0 Å². The molecule has 22 heavy (non-hydrogen) atoms. The van der Waals surface area contributed by atoms with Gasteiger partial charge >= 0.3 is 6.18 Å². The molecule has 2 aromatic rings. The largest absolute Gasteiger partial charge is 0.488 e.